The summed E-state index contributed by atoms with van der Waals surface area (Å²) in [6.07, 6.45) is 0.590. The van der Waals surface area contributed by atoms with Crippen molar-refractivity contribution in [2.24, 2.45) is 0 Å². The molecule has 5 nitrogen and oxygen atoms in total. The minimum absolute atomic E-state index is 0.110. The van der Waals surface area contributed by atoms with Gasteiger partial charge >= 0.3 is 6.61 Å². The molecule has 0 bridgehead atoms. The fourth-order valence-corrected chi connectivity index (χ4v) is 2.20. The lowest BCUT2D eigenvalue weighted by molar-refractivity contribution is -0.115. The number of alkyl halides is 2. The highest BCUT2D eigenvalue weighted by atomic mass is 19.3. The molecule has 0 saturated carbocycles. The molecule has 0 aliphatic carbocycles. The van der Waals surface area contributed by atoms with Crippen molar-refractivity contribution in [3.8, 4) is 5.75 Å². The van der Waals surface area contributed by atoms with Crippen molar-refractivity contribution >= 4 is 11.7 Å². The van der Waals surface area contributed by atoms with Gasteiger partial charge in [0.2, 0.25) is 5.91 Å². The van der Waals surface area contributed by atoms with Gasteiger partial charge < -0.3 is 10.1 Å². The van der Waals surface area contributed by atoms with E-state index in [2.05, 4.69) is 20.3 Å². The van der Waals surface area contributed by atoms with E-state index in [-0.39, 0.29) is 12.3 Å². The van der Waals surface area contributed by atoms with Crippen LogP contribution in [0.2, 0.25) is 0 Å². The van der Waals surface area contributed by atoms with Crippen LogP contribution in [0, 0.1) is 12.7 Å². The van der Waals surface area contributed by atoms with Crippen LogP contribution in [-0.2, 0) is 17.6 Å². The van der Waals surface area contributed by atoms with Crippen LogP contribution >= 0.6 is 0 Å². The highest BCUT2D eigenvalue weighted by molar-refractivity contribution is 5.92. The van der Waals surface area contributed by atoms with Crippen LogP contribution in [0.25, 0.3) is 0 Å². The number of aromatic amines is 1. The van der Waals surface area contributed by atoms with Gasteiger partial charge in [-0.3, -0.25) is 9.89 Å². The summed E-state index contributed by atoms with van der Waals surface area (Å²) in [6, 6.07) is 3.42. The summed E-state index contributed by atoms with van der Waals surface area (Å²) in [4.78, 5) is 12.0. The molecule has 0 aliphatic heterocycles. The lowest BCUT2D eigenvalue weighted by Crippen LogP contribution is -2.16. The first kappa shape index (κ1) is 16.9. The molecular weight excluding hydrogens is 311 g/mol. The number of ether oxygens (including phenoxy) is 1. The number of nitrogens with zero attached hydrogens (tertiary/aromatic N) is 1. The molecule has 0 unspecified atom stereocenters. The average molecular weight is 327 g/mol. The summed E-state index contributed by atoms with van der Waals surface area (Å²) in [5, 5.41) is 9.42. The van der Waals surface area contributed by atoms with Gasteiger partial charge in [0.25, 0.3) is 0 Å². The number of carbonyl (C=O) groups is 1. The van der Waals surface area contributed by atoms with Gasteiger partial charge in [0.15, 0.2) is 17.4 Å². The first-order chi connectivity index (χ1) is 10.9. The summed E-state index contributed by atoms with van der Waals surface area (Å²) in [5.41, 5.74) is 2.10. The predicted octanol–water partition coefficient (Wildman–Crippen LogP) is 3.20. The molecule has 1 heterocycles. The van der Waals surface area contributed by atoms with Crippen LogP contribution in [0.15, 0.2) is 18.2 Å². The van der Waals surface area contributed by atoms with Gasteiger partial charge in [-0.15, -0.1) is 0 Å². The van der Waals surface area contributed by atoms with Gasteiger partial charge in [0.05, 0.1) is 6.42 Å². The molecule has 2 aromatic rings. The molecule has 0 atom stereocenters. The minimum Gasteiger partial charge on any atom is -0.432 e. The Morgan fingerprint density at radius 3 is 2.78 bits per heavy atom. The van der Waals surface area contributed by atoms with Crippen molar-refractivity contribution < 1.29 is 22.7 Å². The number of rotatable bonds is 6. The lowest BCUT2D eigenvalue weighted by Gasteiger charge is -2.08. The molecule has 1 aromatic heterocycles. The van der Waals surface area contributed by atoms with Crippen molar-refractivity contribution in [2.45, 2.75) is 33.3 Å². The molecule has 0 saturated heterocycles. The lowest BCUT2D eigenvalue weighted by atomic mass is 10.1. The van der Waals surface area contributed by atoms with Crippen LogP contribution in [0.3, 0.4) is 0 Å². The standard InChI is InChI=1S/C15H16F3N3O2/c1-3-10-8(2)20-21-14(10)19-13(22)7-9-4-5-12(11(16)6-9)23-15(17)18/h4-6,15H,3,7H2,1-2H3,(H2,19,20,21,22). The maximum Gasteiger partial charge on any atom is 0.387 e. The van der Waals surface area contributed by atoms with Crippen molar-refractivity contribution in [2.75, 3.05) is 5.32 Å². The molecule has 2 rings (SSSR count). The maximum absolute atomic E-state index is 13.6. The van der Waals surface area contributed by atoms with Crippen LogP contribution in [0.1, 0.15) is 23.7 Å². The zero-order chi connectivity index (χ0) is 17.0. The zero-order valence-corrected chi connectivity index (χ0v) is 12.6. The number of H-pyrrole nitrogens is 1. The van der Waals surface area contributed by atoms with E-state index in [4.69, 9.17) is 0 Å². The van der Waals surface area contributed by atoms with Gasteiger partial charge in [-0.25, -0.2) is 4.39 Å². The predicted molar refractivity (Wildman–Crippen MR) is 78.1 cm³/mol. The minimum atomic E-state index is -3.10. The van der Waals surface area contributed by atoms with E-state index in [1.807, 2.05) is 13.8 Å². The smallest absolute Gasteiger partial charge is 0.387 e. The number of halogens is 3. The molecule has 1 amide bonds. The fraction of sp³-hybridized carbons (Fsp3) is 0.333. The number of hydrogen-bond acceptors (Lipinski definition) is 3. The van der Waals surface area contributed by atoms with Crippen molar-refractivity contribution in [3.63, 3.8) is 0 Å². The highest BCUT2D eigenvalue weighted by Crippen LogP contribution is 2.21. The molecule has 0 aliphatic rings. The van der Waals surface area contributed by atoms with Crippen molar-refractivity contribution in [1.82, 2.24) is 10.2 Å². The first-order valence-electron chi connectivity index (χ1n) is 6.97. The molecule has 0 radical (unpaired) electrons. The van der Waals surface area contributed by atoms with Gasteiger partial charge in [-0.05, 0) is 31.0 Å². The van der Waals surface area contributed by atoms with E-state index in [1.54, 1.807) is 0 Å². The number of aryl methyl sites for hydroxylation is 1. The van der Waals surface area contributed by atoms with E-state index in [1.165, 1.54) is 6.07 Å². The van der Waals surface area contributed by atoms with Crippen LogP contribution in [-0.4, -0.2) is 22.7 Å². The zero-order valence-electron chi connectivity index (χ0n) is 12.6. The average Bonchev–Trinajstić information content (AvgIpc) is 2.81. The molecule has 124 valence electrons. The van der Waals surface area contributed by atoms with Crippen LogP contribution in [0.4, 0.5) is 19.0 Å². The number of benzene rings is 1. The molecule has 23 heavy (non-hydrogen) atoms. The third-order valence-corrected chi connectivity index (χ3v) is 3.26. The van der Waals surface area contributed by atoms with E-state index in [0.29, 0.717) is 17.8 Å². The Bertz CT molecular complexity index is 701. The normalized spacial score (nSPS) is 10.9. The second-order valence-corrected chi connectivity index (χ2v) is 4.90. The van der Waals surface area contributed by atoms with E-state index >= 15 is 0 Å². The topological polar surface area (TPSA) is 67.0 Å². The monoisotopic (exact) mass is 327 g/mol. The first-order valence-corrected chi connectivity index (χ1v) is 6.97. The summed E-state index contributed by atoms with van der Waals surface area (Å²) >= 11 is 0. The van der Waals surface area contributed by atoms with Crippen molar-refractivity contribution in [1.29, 1.82) is 0 Å². The number of nitrogens with one attached hydrogen (secondary N) is 2. The maximum atomic E-state index is 13.6. The highest BCUT2D eigenvalue weighted by Gasteiger charge is 2.14. The van der Waals surface area contributed by atoms with E-state index < -0.39 is 18.2 Å². The van der Waals surface area contributed by atoms with Gasteiger partial charge in [-0.1, -0.05) is 13.0 Å². The Hall–Kier alpha value is -2.51. The van der Waals surface area contributed by atoms with Crippen molar-refractivity contribution in [3.05, 3.63) is 40.8 Å². The van der Waals surface area contributed by atoms with Crippen LogP contribution < -0.4 is 10.1 Å². The van der Waals surface area contributed by atoms with Gasteiger partial charge in [0.1, 0.15) is 0 Å². The molecule has 8 heteroatoms. The third kappa shape index (κ3) is 4.24. The Labute approximate surface area is 130 Å². The number of amides is 1. The number of carbonyl (C=O) groups excluding carboxylic acids is 1. The largest absolute Gasteiger partial charge is 0.432 e. The molecule has 2 N–H and O–H groups in total. The fourth-order valence-electron chi connectivity index (χ4n) is 2.20. The molecular formula is C15H16F3N3O2. The number of hydrogen-bond donors (Lipinski definition) is 2. The van der Waals surface area contributed by atoms with E-state index in [0.717, 1.165) is 23.4 Å². The van der Waals surface area contributed by atoms with E-state index in [9.17, 15) is 18.0 Å². The third-order valence-electron chi connectivity index (χ3n) is 3.26. The Balaban J connectivity index is 2.04. The van der Waals surface area contributed by atoms with Gasteiger partial charge in [-0.2, -0.15) is 13.9 Å². The molecule has 1 aromatic carbocycles. The number of anilines is 1. The Kier molecular flexibility index (Phi) is 5.25. The molecule has 0 spiro atoms. The quantitative estimate of drug-likeness (QED) is 0.856. The summed E-state index contributed by atoms with van der Waals surface area (Å²) in [6.45, 7) is 0.678. The molecule has 0 fully saturated rings. The number of aromatic nitrogens is 2. The summed E-state index contributed by atoms with van der Waals surface area (Å²) in [7, 11) is 0. The second-order valence-electron chi connectivity index (χ2n) is 4.90. The Morgan fingerprint density at radius 2 is 2.17 bits per heavy atom. The summed E-state index contributed by atoms with van der Waals surface area (Å²) < 4.78 is 41.7. The van der Waals surface area contributed by atoms with Crippen LogP contribution in [0.5, 0.6) is 5.75 Å². The summed E-state index contributed by atoms with van der Waals surface area (Å²) in [5.74, 6) is -1.44. The Morgan fingerprint density at radius 1 is 1.43 bits per heavy atom. The second kappa shape index (κ2) is 7.17. The SMILES string of the molecule is CCc1c(NC(=O)Cc2ccc(OC(F)F)c(F)c2)n[nH]c1C. The van der Waals surface area contributed by atoms with Gasteiger partial charge in [0, 0.05) is 11.3 Å².